The Hall–Kier alpha value is -3.57. The molecule has 5 N–H and O–H groups in total. The number of aliphatic hydroxyl groups is 1. The lowest BCUT2D eigenvalue weighted by atomic mass is 10.0. The second-order valence-corrected chi connectivity index (χ2v) is 9.06. The Kier molecular flexibility index (Phi) is 4.78. The second kappa shape index (κ2) is 7.74. The number of anilines is 2. The molecule has 10 nitrogen and oxygen atoms in total. The van der Waals surface area contributed by atoms with Crippen molar-refractivity contribution in [3.8, 4) is 11.8 Å². The molecular weight excluding hydrogens is 439 g/mol. The molecule has 1 aromatic carbocycles. The van der Waals surface area contributed by atoms with Gasteiger partial charge in [0.15, 0.2) is 11.6 Å². The molecule has 4 heterocycles. The van der Waals surface area contributed by atoms with E-state index in [2.05, 4.69) is 30.2 Å². The van der Waals surface area contributed by atoms with E-state index in [1.165, 1.54) is 24.5 Å². The van der Waals surface area contributed by atoms with Gasteiger partial charge >= 0.3 is 6.01 Å². The summed E-state index contributed by atoms with van der Waals surface area (Å²) in [6.07, 6.45) is 4.06. The van der Waals surface area contributed by atoms with Crippen LogP contribution in [0.25, 0.3) is 21.9 Å². The van der Waals surface area contributed by atoms with Gasteiger partial charge in [0.1, 0.15) is 23.4 Å². The van der Waals surface area contributed by atoms with Crippen molar-refractivity contribution in [3.63, 3.8) is 0 Å². The molecule has 0 radical (unpaired) electrons. The smallest absolute Gasteiger partial charge is 0.326 e. The Balaban J connectivity index is 1.50. The average molecular weight is 465 g/mol. The second-order valence-electron chi connectivity index (χ2n) is 9.06. The highest BCUT2D eigenvalue weighted by Crippen LogP contribution is 2.44. The Morgan fingerprint density at radius 1 is 1.26 bits per heavy atom. The van der Waals surface area contributed by atoms with E-state index in [9.17, 15) is 9.50 Å². The number of aromatic nitrogens is 5. The number of nitrogens with one attached hydrogen (secondary N) is 2. The molecule has 1 aliphatic carbocycles. The predicted molar refractivity (Wildman–Crippen MR) is 125 cm³/mol. The van der Waals surface area contributed by atoms with Crippen LogP contribution in [0.15, 0.2) is 24.5 Å². The summed E-state index contributed by atoms with van der Waals surface area (Å²) in [6, 6.07) is 3.53. The van der Waals surface area contributed by atoms with Crippen molar-refractivity contribution in [1.29, 1.82) is 0 Å². The molecule has 2 fully saturated rings. The fraction of sp³-hybridized carbons (Fsp3) is 0.391. The van der Waals surface area contributed by atoms with Crippen molar-refractivity contribution in [1.82, 2.24) is 24.9 Å². The van der Waals surface area contributed by atoms with Crippen LogP contribution in [0.3, 0.4) is 0 Å². The standard InChI is InChI=1S/C23H25FN8O2/c1-10(33)20-27-7-14(8-28-20)34-23-30-21-18(15-4-12(24)5-17(26-2)19(15)29-21)22(31-23)32-9-11-3-13(32)6-16(11)25/h4-5,7-8,10-11,13,16,26,33H,3,6,9,25H2,1-2H3,(H,29,30,31)/t10-,11-,13-,16-/m1/s1. The highest BCUT2D eigenvalue weighted by molar-refractivity contribution is 6.14. The first-order chi connectivity index (χ1) is 16.4. The van der Waals surface area contributed by atoms with E-state index in [1.54, 1.807) is 14.0 Å². The number of fused-ring (bicyclic) bond motifs is 5. The molecule has 4 aromatic rings. The van der Waals surface area contributed by atoms with Crippen LogP contribution < -0.4 is 20.7 Å². The minimum absolute atomic E-state index is 0.126. The number of H-pyrrole nitrogens is 1. The number of hydrogen-bond donors (Lipinski definition) is 4. The van der Waals surface area contributed by atoms with Gasteiger partial charge in [0, 0.05) is 31.1 Å². The van der Waals surface area contributed by atoms with Crippen LogP contribution in [0, 0.1) is 11.7 Å². The number of ether oxygens (including phenoxy) is 1. The summed E-state index contributed by atoms with van der Waals surface area (Å²) in [5.41, 5.74) is 8.21. The zero-order chi connectivity index (χ0) is 23.6. The Labute approximate surface area is 194 Å². The number of aliphatic hydroxyl groups excluding tert-OH is 1. The lowest BCUT2D eigenvalue weighted by molar-refractivity contribution is 0.188. The van der Waals surface area contributed by atoms with Crippen LogP contribution in [0.2, 0.25) is 0 Å². The number of benzene rings is 1. The average Bonchev–Trinajstić information content (AvgIpc) is 3.50. The van der Waals surface area contributed by atoms with Crippen LogP contribution >= 0.6 is 0 Å². The van der Waals surface area contributed by atoms with Crippen molar-refractivity contribution >= 4 is 33.4 Å². The highest BCUT2D eigenvalue weighted by Gasteiger charge is 2.44. The van der Waals surface area contributed by atoms with Crippen molar-refractivity contribution in [2.75, 3.05) is 23.8 Å². The van der Waals surface area contributed by atoms with Crippen LogP contribution in [0.4, 0.5) is 15.9 Å². The molecule has 176 valence electrons. The third kappa shape index (κ3) is 3.31. The van der Waals surface area contributed by atoms with E-state index in [0.717, 1.165) is 30.3 Å². The normalized spacial score (nSPS) is 22.6. The summed E-state index contributed by atoms with van der Waals surface area (Å²) in [7, 11) is 1.75. The Morgan fingerprint density at radius 2 is 2.06 bits per heavy atom. The van der Waals surface area contributed by atoms with Gasteiger partial charge in [0.2, 0.25) is 0 Å². The molecule has 1 aliphatic heterocycles. The zero-order valence-corrected chi connectivity index (χ0v) is 18.8. The maximum atomic E-state index is 14.5. The summed E-state index contributed by atoms with van der Waals surface area (Å²) >= 11 is 0. The van der Waals surface area contributed by atoms with E-state index < -0.39 is 6.10 Å². The number of nitrogens with two attached hydrogens (primary N) is 1. The Bertz CT molecular complexity index is 1390. The first-order valence-corrected chi connectivity index (χ1v) is 11.3. The molecule has 34 heavy (non-hydrogen) atoms. The summed E-state index contributed by atoms with van der Waals surface area (Å²) in [5.74, 6) is 1.39. The van der Waals surface area contributed by atoms with Gasteiger partial charge in [-0.25, -0.2) is 14.4 Å². The predicted octanol–water partition coefficient (Wildman–Crippen LogP) is 2.85. The summed E-state index contributed by atoms with van der Waals surface area (Å²) < 4.78 is 20.4. The van der Waals surface area contributed by atoms with E-state index in [1.807, 2.05) is 0 Å². The summed E-state index contributed by atoms with van der Waals surface area (Å²) in [6.45, 7) is 2.37. The third-order valence-electron chi connectivity index (χ3n) is 6.85. The SMILES string of the molecule is CNc1cc(F)cc2c1[nH]c1nc(Oc3cnc([C@@H](C)O)nc3)nc(N3C[C@H]4C[C@@H]3C[C@H]4N)c12. The number of piperidine rings is 1. The topological polar surface area (TPSA) is 138 Å². The first-order valence-electron chi connectivity index (χ1n) is 11.3. The minimum atomic E-state index is -0.779. The van der Waals surface area contributed by atoms with Gasteiger partial charge in [0.05, 0.1) is 29.0 Å². The molecule has 4 atom stereocenters. The molecular formula is C23H25FN8O2. The molecule has 0 spiro atoms. The van der Waals surface area contributed by atoms with Gasteiger partial charge in [-0.1, -0.05) is 0 Å². The fourth-order valence-electron chi connectivity index (χ4n) is 5.23. The van der Waals surface area contributed by atoms with Crippen LogP contribution in [-0.2, 0) is 0 Å². The molecule has 2 bridgehead atoms. The molecule has 3 aromatic heterocycles. The van der Waals surface area contributed by atoms with Gasteiger partial charge in [-0.2, -0.15) is 9.97 Å². The van der Waals surface area contributed by atoms with Gasteiger partial charge in [-0.3, -0.25) is 0 Å². The van der Waals surface area contributed by atoms with Crippen LogP contribution in [0.5, 0.6) is 11.8 Å². The molecule has 6 rings (SSSR count). The monoisotopic (exact) mass is 464 g/mol. The molecule has 11 heteroatoms. The van der Waals surface area contributed by atoms with Crippen LogP contribution in [-0.4, -0.2) is 55.7 Å². The van der Waals surface area contributed by atoms with Crippen molar-refractivity contribution < 1.29 is 14.2 Å². The van der Waals surface area contributed by atoms with E-state index in [4.69, 9.17) is 15.5 Å². The Morgan fingerprint density at radius 3 is 2.71 bits per heavy atom. The van der Waals surface area contributed by atoms with Crippen molar-refractivity contribution in [3.05, 3.63) is 36.2 Å². The summed E-state index contributed by atoms with van der Waals surface area (Å²) in [5, 5.41) is 14.1. The summed E-state index contributed by atoms with van der Waals surface area (Å²) in [4.78, 5) is 23.2. The van der Waals surface area contributed by atoms with Gasteiger partial charge in [-0.05, 0) is 37.8 Å². The van der Waals surface area contributed by atoms with Crippen molar-refractivity contribution in [2.45, 2.75) is 38.0 Å². The lowest BCUT2D eigenvalue weighted by Crippen LogP contribution is -2.41. The minimum Gasteiger partial charge on any atom is -0.421 e. The van der Waals surface area contributed by atoms with Gasteiger partial charge in [-0.15, -0.1) is 0 Å². The van der Waals surface area contributed by atoms with E-state index in [0.29, 0.717) is 40.0 Å². The van der Waals surface area contributed by atoms with Gasteiger partial charge in [0.25, 0.3) is 0 Å². The number of nitrogens with zero attached hydrogens (tertiary/aromatic N) is 5. The highest BCUT2D eigenvalue weighted by atomic mass is 19.1. The lowest BCUT2D eigenvalue weighted by Gasteiger charge is -2.31. The molecule has 0 amide bonds. The third-order valence-corrected chi connectivity index (χ3v) is 6.85. The van der Waals surface area contributed by atoms with E-state index in [-0.39, 0.29) is 23.9 Å². The maximum Gasteiger partial charge on any atom is 0.326 e. The fourth-order valence-corrected chi connectivity index (χ4v) is 5.23. The maximum absolute atomic E-state index is 14.5. The van der Waals surface area contributed by atoms with Crippen molar-refractivity contribution in [2.24, 2.45) is 11.7 Å². The van der Waals surface area contributed by atoms with Gasteiger partial charge < -0.3 is 30.8 Å². The molecule has 1 saturated heterocycles. The number of aromatic amines is 1. The largest absolute Gasteiger partial charge is 0.421 e. The number of rotatable bonds is 5. The molecule has 2 aliphatic rings. The zero-order valence-electron chi connectivity index (χ0n) is 18.8. The molecule has 0 unspecified atom stereocenters. The van der Waals surface area contributed by atoms with E-state index >= 15 is 0 Å². The van der Waals surface area contributed by atoms with Crippen LogP contribution in [0.1, 0.15) is 31.7 Å². The number of halogens is 1. The quantitative estimate of drug-likeness (QED) is 0.351. The molecule has 1 saturated carbocycles. The first kappa shape index (κ1) is 21.0. The number of hydrogen-bond acceptors (Lipinski definition) is 9.